The van der Waals surface area contributed by atoms with E-state index < -0.39 is 11.5 Å². The van der Waals surface area contributed by atoms with Crippen molar-refractivity contribution in [1.82, 2.24) is 5.32 Å². The molecular weight excluding hydrogens is 286 g/mol. The molecule has 0 aliphatic rings. The summed E-state index contributed by atoms with van der Waals surface area (Å²) in [5.74, 6) is 0.397. The number of hydrogen-bond donors (Lipinski definition) is 1. The maximum Gasteiger partial charge on any atom is 0.331 e. The lowest BCUT2D eigenvalue weighted by Gasteiger charge is -2.28. The summed E-state index contributed by atoms with van der Waals surface area (Å²) in [5, 5.41) is 2.67. The van der Waals surface area contributed by atoms with Crippen LogP contribution < -0.4 is 14.8 Å². The van der Waals surface area contributed by atoms with Gasteiger partial charge < -0.3 is 19.5 Å². The molecule has 0 fully saturated rings. The first-order chi connectivity index (χ1) is 10.4. The van der Waals surface area contributed by atoms with Crippen LogP contribution in [0.5, 0.6) is 11.5 Å². The van der Waals surface area contributed by atoms with Gasteiger partial charge >= 0.3 is 5.97 Å². The molecule has 1 rings (SSSR count). The Labute approximate surface area is 130 Å². The summed E-state index contributed by atoms with van der Waals surface area (Å²) < 4.78 is 15.5. The molecular formula is C16H23NO5. The molecule has 0 aliphatic heterocycles. The average molecular weight is 309 g/mol. The first-order valence-electron chi connectivity index (χ1n) is 7.03. The Balaban J connectivity index is 3.08. The van der Waals surface area contributed by atoms with E-state index in [-0.39, 0.29) is 18.9 Å². The van der Waals surface area contributed by atoms with Crippen LogP contribution in [0.2, 0.25) is 0 Å². The Kier molecular flexibility index (Phi) is 6.22. The van der Waals surface area contributed by atoms with Crippen LogP contribution in [0.15, 0.2) is 18.2 Å². The molecule has 1 aromatic carbocycles. The van der Waals surface area contributed by atoms with E-state index in [1.54, 1.807) is 40.2 Å². The highest BCUT2D eigenvalue weighted by Crippen LogP contribution is 2.29. The topological polar surface area (TPSA) is 73.9 Å². The number of nitrogens with one attached hydrogen (secondary N) is 1. The van der Waals surface area contributed by atoms with Crippen LogP contribution in [0.1, 0.15) is 26.3 Å². The number of ether oxygens (including phenoxy) is 3. The van der Waals surface area contributed by atoms with E-state index in [1.165, 1.54) is 6.92 Å². The van der Waals surface area contributed by atoms with Crippen LogP contribution in [0.25, 0.3) is 0 Å². The van der Waals surface area contributed by atoms with Crippen LogP contribution in [-0.4, -0.2) is 38.2 Å². The van der Waals surface area contributed by atoms with Crippen molar-refractivity contribution < 1.29 is 23.8 Å². The highest BCUT2D eigenvalue weighted by atomic mass is 16.5. The number of methoxy groups -OCH3 is 2. The number of hydrogen-bond acceptors (Lipinski definition) is 5. The van der Waals surface area contributed by atoms with Gasteiger partial charge in [0.1, 0.15) is 5.54 Å². The molecule has 6 nitrogen and oxygen atoms in total. The van der Waals surface area contributed by atoms with Gasteiger partial charge in [-0.15, -0.1) is 0 Å². The Morgan fingerprint density at radius 2 is 1.82 bits per heavy atom. The van der Waals surface area contributed by atoms with Crippen molar-refractivity contribution in [2.75, 3.05) is 20.8 Å². The highest BCUT2D eigenvalue weighted by Gasteiger charge is 2.36. The van der Waals surface area contributed by atoms with Gasteiger partial charge in [-0.1, -0.05) is 6.07 Å². The molecule has 0 saturated heterocycles. The molecule has 1 N–H and O–H groups in total. The Morgan fingerprint density at radius 1 is 1.18 bits per heavy atom. The molecule has 0 bridgehead atoms. The highest BCUT2D eigenvalue weighted by molar-refractivity contribution is 5.87. The predicted molar refractivity (Wildman–Crippen MR) is 82.1 cm³/mol. The van der Waals surface area contributed by atoms with Crippen molar-refractivity contribution in [1.29, 1.82) is 0 Å². The Hall–Kier alpha value is -2.24. The van der Waals surface area contributed by atoms with E-state index in [9.17, 15) is 9.59 Å². The van der Waals surface area contributed by atoms with Crippen molar-refractivity contribution in [3.63, 3.8) is 0 Å². The van der Waals surface area contributed by atoms with Gasteiger partial charge in [0.05, 0.1) is 20.8 Å². The second-order valence-corrected chi connectivity index (χ2v) is 5.10. The summed E-state index contributed by atoms with van der Waals surface area (Å²) in [4.78, 5) is 23.6. The lowest BCUT2D eigenvalue weighted by Crippen LogP contribution is -2.54. The third-order valence-electron chi connectivity index (χ3n) is 3.18. The molecule has 22 heavy (non-hydrogen) atoms. The first kappa shape index (κ1) is 17.8. The number of rotatable bonds is 7. The van der Waals surface area contributed by atoms with Gasteiger partial charge in [0.15, 0.2) is 11.5 Å². The van der Waals surface area contributed by atoms with Crippen LogP contribution in [0, 0.1) is 0 Å². The van der Waals surface area contributed by atoms with Crippen LogP contribution in [-0.2, 0) is 20.7 Å². The van der Waals surface area contributed by atoms with Gasteiger partial charge in [0.25, 0.3) is 0 Å². The summed E-state index contributed by atoms with van der Waals surface area (Å²) >= 11 is 0. The van der Waals surface area contributed by atoms with Crippen LogP contribution in [0.4, 0.5) is 0 Å². The lowest BCUT2D eigenvalue weighted by molar-refractivity contribution is -0.152. The maximum atomic E-state index is 12.2. The third kappa shape index (κ3) is 4.38. The second-order valence-electron chi connectivity index (χ2n) is 5.10. The van der Waals surface area contributed by atoms with Gasteiger partial charge in [0, 0.05) is 13.3 Å². The summed E-state index contributed by atoms with van der Waals surface area (Å²) in [6, 6.07) is 5.35. The second kappa shape index (κ2) is 7.68. The van der Waals surface area contributed by atoms with Gasteiger partial charge in [-0.25, -0.2) is 4.79 Å². The smallest absolute Gasteiger partial charge is 0.331 e. The molecule has 0 spiro atoms. The third-order valence-corrected chi connectivity index (χ3v) is 3.18. The zero-order valence-electron chi connectivity index (χ0n) is 13.7. The number of carbonyl (C=O) groups is 2. The molecule has 122 valence electrons. The number of benzene rings is 1. The maximum absolute atomic E-state index is 12.2. The van der Waals surface area contributed by atoms with Gasteiger partial charge in [-0.2, -0.15) is 0 Å². The number of amides is 1. The Bertz CT molecular complexity index is 543. The van der Waals surface area contributed by atoms with E-state index in [4.69, 9.17) is 14.2 Å². The minimum atomic E-state index is -1.14. The minimum Gasteiger partial charge on any atom is -0.493 e. The molecule has 1 aromatic rings. The fraction of sp³-hybridized carbons (Fsp3) is 0.500. The van der Waals surface area contributed by atoms with E-state index in [0.717, 1.165) is 5.56 Å². The average Bonchev–Trinajstić information content (AvgIpc) is 2.46. The molecule has 0 radical (unpaired) electrons. The zero-order valence-corrected chi connectivity index (χ0v) is 13.7. The van der Waals surface area contributed by atoms with E-state index in [1.807, 2.05) is 6.07 Å². The van der Waals surface area contributed by atoms with Gasteiger partial charge in [-0.05, 0) is 31.5 Å². The molecule has 1 atom stereocenters. The molecule has 6 heteroatoms. The molecule has 0 aliphatic carbocycles. The molecule has 1 unspecified atom stereocenters. The standard InChI is InChI=1S/C16H23NO5/c1-6-22-15(19)16(3,17-11(2)18)10-12-7-8-13(20-4)14(9-12)21-5/h7-9H,6,10H2,1-5H3,(H,17,18). The largest absolute Gasteiger partial charge is 0.493 e. The van der Waals surface area contributed by atoms with Crippen molar-refractivity contribution in [2.24, 2.45) is 0 Å². The summed E-state index contributed by atoms with van der Waals surface area (Å²) in [6.45, 7) is 4.98. The van der Waals surface area contributed by atoms with Gasteiger partial charge in [-0.3, -0.25) is 4.79 Å². The van der Waals surface area contributed by atoms with Crippen molar-refractivity contribution in [3.05, 3.63) is 23.8 Å². The Morgan fingerprint density at radius 3 is 2.32 bits per heavy atom. The van der Waals surface area contributed by atoms with Crippen molar-refractivity contribution in [2.45, 2.75) is 32.7 Å². The van der Waals surface area contributed by atoms with Crippen LogP contribution >= 0.6 is 0 Å². The lowest BCUT2D eigenvalue weighted by atomic mass is 9.92. The fourth-order valence-corrected chi connectivity index (χ4v) is 2.25. The molecule has 0 heterocycles. The first-order valence-corrected chi connectivity index (χ1v) is 7.03. The minimum absolute atomic E-state index is 0.250. The SMILES string of the molecule is CCOC(=O)C(C)(Cc1ccc(OC)c(OC)c1)NC(C)=O. The predicted octanol–water partition coefficient (Wildman–Crippen LogP) is 1.70. The zero-order chi connectivity index (χ0) is 16.8. The van der Waals surface area contributed by atoms with Crippen LogP contribution in [0.3, 0.4) is 0 Å². The van der Waals surface area contributed by atoms with Crippen molar-refractivity contribution in [3.8, 4) is 11.5 Å². The quantitative estimate of drug-likeness (QED) is 0.776. The summed E-state index contributed by atoms with van der Waals surface area (Å²) in [6.07, 6.45) is 0.283. The summed E-state index contributed by atoms with van der Waals surface area (Å²) in [7, 11) is 3.09. The monoisotopic (exact) mass is 309 g/mol. The fourth-order valence-electron chi connectivity index (χ4n) is 2.25. The van der Waals surface area contributed by atoms with Crippen molar-refractivity contribution >= 4 is 11.9 Å². The van der Waals surface area contributed by atoms with E-state index in [0.29, 0.717) is 11.5 Å². The van der Waals surface area contributed by atoms with Gasteiger partial charge in [0.2, 0.25) is 5.91 Å². The number of esters is 1. The normalized spacial score (nSPS) is 13.0. The number of carbonyl (C=O) groups excluding carboxylic acids is 2. The molecule has 1 amide bonds. The molecule has 0 saturated carbocycles. The summed E-state index contributed by atoms with van der Waals surface area (Å²) in [5.41, 5.74) is -0.316. The van der Waals surface area contributed by atoms with E-state index >= 15 is 0 Å². The molecule has 0 aromatic heterocycles. The van der Waals surface area contributed by atoms with E-state index in [2.05, 4.69) is 5.32 Å².